The Hall–Kier alpha value is -3.55. The molecule has 2 N–H and O–H groups in total. The van der Waals surface area contributed by atoms with Crippen LogP contribution in [0.2, 0.25) is 0 Å². The zero-order valence-corrected chi connectivity index (χ0v) is 18.7. The summed E-state index contributed by atoms with van der Waals surface area (Å²) in [5.41, 5.74) is 7.67. The maximum atomic E-state index is 13.1. The number of ether oxygens (including phenoxy) is 3. The highest BCUT2D eigenvalue weighted by Gasteiger charge is 2.43. The summed E-state index contributed by atoms with van der Waals surface area (Å²) in [6.07, 6.45) is -0.619. The lowest BCUT2D eigenvalue weighted by Crippen LogP contribution is -2.47. The summed E-state index contributed by atoms with van der Waals surface area (Å²) in [6, 6.07) is 12.1. The van der Waals surface area contributed by atoms with E-state index in [1.807, 2.05) is 31.2 Å². The van der Waals surface area contributed by atoms with E-state index >= 15 is 0 Å². The van der Waals surface area contributed by atoms with Crippen molar-refractivity contribution in [2.45, 2.75) is 38.8 Å². The first kappa shape index (κ1) is 23.1. The highest BCUT2D eigenvalue weighted by atomic mass is 16.5. The number of benzene rings is 2. The van der Waals surface area contributed by atoms with E-state index < -0.39 is 29.9 Å². The summed E-state index contributed by atoms with van der Waals surface area (Å²) >= 11 is 0. The van der Waals surface area contributed by atoms with Gasteiger partial charge in [0.1, 0.15) is 0 Å². The molecule has 170 valence electrons. The first-order valence-corrected chi connectivity index (χ1v) is 10.4. The molecule has 3 rings (SSSR count). The van der Waals surface area contributed by atoms with Gasteiger partial charge in [0.25, 0.3) is 5.91 Å². The number of aryl methyl sites for hydroxylation is 1. The monoisotopic (exact) mass is 440 g/mol. The Morgan fingerprint density at radius 2 is 1.72 bits per heavy atom. The molecule has 1 aliphatic rings. The number of methoxy groups -OCH3 is 2. The zero-order valence-electron chi connectivity index (χ0n) is 18.7. The minimum atomic E-state index is -1.07. The van der Waals surface area contributed by atoms with Crippen LogP contribution >= 0.6 is 0 Å². The third-order valence-electron chi connectivity index (χ3n) is 5.65. The molecule has 1 heterocycles. The van der Waals surface area contributed by atoms with E-state index in [4.69, 9.17) is 19.9 Å². The predicted octanol–water partition coefficient (Wildman–Crippen LogP) is 2.91. The molecule has 0 radical (unpaired) electrons. The van der Waals surface area contributed by atoms with Crippen LogP contribution < -0.4 is 20.1 Å². The zero-order chi connectivity index (χ0) is 23.4. The first-order chi connectivity index (χ1) is 15.3. The van der Waals surface area contributed by atoms with E-state index in [2.05, 4.69) is 0 Å². The molecule has 8 nitrogen and oxygen atoms in total. The third kappa shape index (κ3) is 4.69. The number of nitrogens with two attached hydrogens (primary N) is 1. The van der Waals surface area contributed by atoms with Crippen LogP contribution in [0, 0.1) is 12.8 Å². The quantitative estimate of drug-likeness (QED) is 0.663. The number of esters is 1. The van der Waals surface area contributed by atoms with Gasteiger partial charge in [-0.15, -0.1) is 0 Å². The summed E-state index contributed by atoms with van der Waals surface area (Å²) in [7, 11) is 3.05. The lowest BCUT2D eigenvalue weighted by Gasteiger charge is -2.40. The Kier molecular flexibility index (Phi) is 7.02. The van der Waals surface area contributed by atoms with Crippen molar-refractivity contribution in [3.8, 4) is 11.5 Å². The van der Waals surface area contributed by atoms with Crippen LogP contribution in [0.25, 0.3) is 0 Å². The average Bonchev–Trinajstić information content (AvgIpc) is 2.78. The molecule has 0 saturated carbocycles. The van der Waals surface area contributed by atoms with Gasteiger partial charge in [0, 0.05) is 12.1 Å². The van der Waals surface area contributed by atoms with Gasteiger partial charge in [-0.25, -0.2) is 0 Å². The van der Waals surface area contributed by atoms with Crippen LogP contribution in [0.5, 0.6) is 11.5 Å². The number of anilines is 1. The Balaban J connectivity index is 2.10. The topological polar surface area (TPSA) is 108 Å². The highest BCUT2D eigenvalue weighted by molar-refractivity contribution is 5.97. The number of carbonyl (C=O) groups is 3. The number of carbonyl (C=O) groups excluding carboxylic acids is 3. The number of rotatable bonds is 7. The molecule has 1 fully saturated rings. The maximum Gasteiger partial charge on any atom is 0.312 e. The minimum Gasteiger partial charge on any atom is -0.493 e. The third-order valence-corrected chi connectivity index (χ3v) is 5.65. The second-order valence-corrected chi connectivity index (χ2v) is 7.79. The van der Waals surface area contributed by atoms with Crippen molar-refractivity contribution >= 4 is 23.5 Å². The van der Waals surface area contributed by atoms with E-state index in [1.54, 1.807) is 23.1 Å². The van der Waals surface area contributed by atoms with Crippen molar-refractivity contribution < 1.29 is 28.6 Å². The highest BCUT2D eigenvalue weighted by Crippen LogP contribution is 2.43. The standard InChI is InChI=1S/C24H28N2O6/c1-14-5-8-17(9-6-14)26-21(27)12-10-18(24(29)32-15(2)23(25)28)22(26)16-7-11-19(30-3)20(13-16)31-4/h5-9,11,13,15,18,22H,10,12H2,1-4H3,(H2,25,28). The SMILES string of the molecule is COc1ccc(C2C(C(=O)OC(C)C(N)=O)CCC(=O)N2c2ccc(C)cc2)cc1OC. The Labute approximate surface area is 187 Å². The van der Waals surface area contributed by atoms with Crippen LogP contribution in [0.4, 0.5) is 5.69 Å². The van der Waals surface area contributed by atoms with Crippen LogP contribution in [-0.2, 0) is 19.1 Å². The van der Waals surface area contributed by atoms with E-state index in [0.29, 0.717) is 22.7 Å². The second-order valence-electron chi connectivity index (χ2n) is 7.79. The Bertz CT molecular complexity index is 1000. The lowest BCUT2D eigenvalue weighted by atomic mass is 9.83. The molecule has 1 saturated heterocycles. The largest absolute Gasteiger partial charge is 0.493 e. The fourth-order valence-electron chi connectivity index (χ4n) is 3.89. The van der Waals surface area contributed by atoms with Crippen LogP contribution in [0.3, 0.4) is 0 Å². The van der Waals surface area contributed by atoms with Crippen molar-refractivity contribution in [1.29, 1.82) is 0 Å². The molecule has 3 atom stereocenters. The van der Waals surface area contributed by atoms with Crippen molar-refractivity contribution in [2.75, 3.05) is 19.1 Å². The van der Waals surface area contributed by atoms with Crippen molar-refractivity contribution in [3.05, 3.63) is 53.6 Å². The lowest BCUT2D eigenvalue weighted by molar-refractivity contribution is -0.159. The second kappa shape index (κ2) is 9.72. The summed E-state index contributed by atoms with van der Waals surface area (Å²) in [5, 5.41) is 0. The van der Waals surface area contributed by atoms with E-state index in [0.717, 1.165) is 5.56 Å². The van der Waals surface area contributed by atoms with Gasteiger partial charge in [0.2, 0.25) is 5.91 Å². The van der Waals surface area contributed by atoms with Gasteiger partial charge in [-0.1, -0.05) is 23.8 Å². The summed E-state index contributed by atoms with van der Waals surface area (Å²) in [6.45, 7) is 3.39. The number of primary amides is 1. The molecule has 3 unspecified atom stereocenters. The van der Waals surface area contributed by atoms with E-state index in [-0.39, 0.29) is 18.7 Å². The van der Waals surface area contributed by atoms with E-state index in [9.17, 15) is 14.4 Å². The summed E-state index contributed by atoms with van der Waals surface area (Å²) in [4.78, 5) is 39.2. The fraction of sp³-hybridized carbons (Fsp3) is 0.375. The van der Waals surface area contributed by atoms with Crippen LogP contribution in [-0.4, -0.2) is 38.1 Å². The number of amides is 2. The summed E-state index contributed by atoms with van der Waals surface area (Å²) < 4.78 is 16.1. The molecule has 0 aromatic heterocycles. The van der Waals surface area contributed by atoms with Gasteiger partial charge in [0.05, 0.1) is 26.2 Å². The number of hydrogen-bond acceptors (Lipinski definition) is 6. The Morgan fingerprint density at radius 1 is 1.06 bits per heavy atom. The van der Waals surface area contributed by atoms with Crippen LogP contribution in [0.1, 0.15) is 36.9 Å². The number of piperidine rings is 1. The van der Waals surface area contributed by atoms with Crippen molar-refractivity contribution in [2.24, 2.45) is 11.7 Å². The first-order valence-electron chi connectivity index (χ1n) is 10.4. The Morgan fingerprint density at radius 3 is 2.31 bits per heavy atom. The van der Waals surface area contributed by atoms with Gasteiger partial charge in [0.15, 0.2) is 17.6 Å². The minimum absolute atomic E-state index is 0.111. The van der Waals surface area contributed by atoms with Gasteiger partial charge >= 0.3 is 5.97 Å². The number of hydrogen-bond donors (Lipinski definition) is 1. The molecule has 32 heavy (non-hydrogen) atoms. The molecule has 2 aromatic rings. The molecular weight excluding hydrogens is 412 g/mol. The fourth-order valence-corrected chi connectivity index (χ4v) is 3.89. The molecule has 0 bridgehead atoms. The molecule has 2 amide bonds. The molecule has 1 aliphatic heterocycles. The van der Waals surface area contributed by atoms with Crippen molar-refractivity contribution in [1.82, 2.24) is 0 Å². The van der Waals surface area contributed by atoms with Gasteiger partial charge in [-0.2, -0.15) is 0 Å². The molecular formula is C24H28N2O6. The average molecular weight is 440 g/mol. The van der Waals surface area contributed by atoms with E-state index in [1.165, 1.54) is 21.1 Å². The van der Waals surface area contributed by atoms with Gasteiger partial charge < -0.3 is 24.8 Å². The molecule has 0 aliphatic carbocycles. The molecule has 2 aromatic carbocycles. The van der Waals surface area contributed by atoms with Crippen molar-refractivity contribution in [3.63, 3.8) is 0 Å². The summed E-state index contributed by atoms with van der Waals surface area (Å²) in [5.74, 6) is -1.12. The predicted molar refractivity (Wildman–Crippen MR) is 118 cm³/mol. The van der Waals surface area contributed by atoms with Gasteiger partial charge in [-0.3, -0.25) is 14.4 Å². The molecule has 8 heteroatoms. The smallest absolute Gasteiger partial charge is 0.312 e. The van der Waals surface area contributed by atoms with Crippen LogP contribution in [0.15, 0.2) is 42.5 Å². The van der Waals surface area contributed by atoms with Gasteiger partial charge in [-0.05, 0) is 50.1 Å². The molecule has 0 spiro atoms. The number of nitrogens with zero attached hydrogens (tertiary/aromatic N) is 1. The maximum absolute atomic E-state index is 13.1. The normalized spacial score (nSPS) is 19.2.